The SMILES string of the molecule is COCC(=O)/C=C/c1ccc(/C=C/C(=O)COC(=O)[C@@H]2CCCN2)cc1. The second kappa shape index (κ2) is 10.4. The summed E-state index contributed by atoms with van der Waals surface area (Å²) >= 11 is 0. The number of esters is 1. The van der Waals surface area contributed by atoms with E-state index in [-0.39, 0.29) is 36.8 Å². The number of nitrogens with one attached hydrogen (secondary N) is 1. The van der Waals surface area contributed by atoms with E-state index in [0.29, 0.717) is 0 Å². The first-order chi connectivity index (χ1) is 12.6. The molecule has 2 rings (SSSR count). The van der Waals surface area contributed by atoms with Crippen molar-refractivity contribution in [3.8, 4) is 0 Å². The van der Waals surface area contributed by atoms with E-state index in [1.54, 1.807) is 12.2 Å². The van der Waals surface area contributed by atoms with Crippen molar-refractivity contribution in [3.05, 3.63) is 47.5 Å². The molecule has 138 valence electrons. The van der Waals surface area contributed by atoms with E-state index in [1.165, 1.54) is 19.3 Å². The van der Waals surface area contributed by atoms with E-state index in [1.807, 2.05) is 24.3 Å². The third-order valence-electron chi connectivity index (χ3n) is 3.85. The molecule has 0 aliphatic carbocycles. The third kappa shape index (κ3) is 6.74. The standard InChI is InChI=1S/C20H23NO5/c1-25-13-17(22)10-8-15-4-6-16(7-5-15)9-11-18(23)14-26-20(24)19-3-2-12-21-19/h4-11,19,21H,2-3,12-14H2,1H3/b10-8+,11-9+/t19-/m0/s1. The van der Waals surface area contributed by atoms with Crippen LogP contribution in [0.25, 0.3) is 12.2 Å². The number of ketones is 2. The molecule has 1 N–H and O–H groups in total. The lowest BCUT2D eigenvalue weighted by molar-refractivity contribution is -0.148. The predicted molar refractivity (Wildman–Crippen MR) is 98.4 cm³/mol. The molecule has 0 amide bonds. The van der Waals surface area contributed by atoms with Gasteiger partial charge in [-0.2, -0.15) is 0 Å². The van der Waals surface area contributed by atoms with Crippen LogP contribution < -0.4 is 5.32 Å². The van der Waals surface area contributed by atoms with E-state index in [9.17, 15) is 14.4 Å². The smallest absolute Gasteiger partial charge is 0.323 e. The monoisotopic (exact) mass is 357 g/mol. The molecule has 1 aromatic carbocycles. The van der Waals surface area contributed by atoms with Crippen molar-refractivity contribution in [2.24, 2.45) is 0 Å². The summed E-state index contributed by atoms with van der Waals surface area (Å²) in [4.78, 5) is 34.9. The summed E-state index contributed by atoms with van der Waals surface area (Å²) in [6, 6.07) is 7.05. The highest BCUT2D eigenvalue weighted by Crippen LogP contribution is 2.09. The second-order valence-corrected chi connectivity index (χ2v) is 5.96. The molecule has 1 atom stereocenters. The third-order valence-corrected chi connectivity index (χ3v) is 3.85. The van der Waals surface area contributed by atoms with Crippen LogP contribution in [-0.2, 0) is 23.9 Å². The zero-order valence-electron chi connectivity index (χ0n) is 14.8. The first-order valence-electron chi connectivity index (χ1n) is 8.49. The fourth-order valence-corrected chi connectivity index (χ4v) is 2.46. The van der Waals surface area contributed by atoms with Crippen LogP contribution in [0.3, 0.4) is 0 Å². The second-order valence-electron chi connectivity index (χ2n) is 5.96. The van der Waals surface area contributed by atoms with Gasteiger partial charge >= 0.3 is 5.97 Å². The topological polar surface area (TPSA) is 81.7 Å². The number of rotatable bonds is 9. The first-order valence-corrected chi connectivity index (χ1v) is 8.49. The lowest BCUT2D eigenvalue weighted by Gasteiger charge is -2.08. The van der Waals surface area contributed by atoms with Crippen LogP contribution in [0.1, 0.15) is 24.0 Å². The van der Waals surface area contributed by atoms with Crippen molar-refractivity contribution in [1.82, 2.24) is 5.32 Å². The minimum atomic E-state index is -0.372. The van der Waals surface area contributed by atoms with E-state index >= 15 is 0 Å². The fourth-order valence-electron chi connectivity index (χ4n) is 2.46. The Labute approximate surface area is 152 Å². The highest BCUT2D eigenvalue weighted by Gasteiger charge is 2.23. The maximum atomic E-state index is 11.8. The zero-order valence-corrected chi connectivity index (χ0v) is 14.8. The molecule has 26 heavy (non-hydrogen) atoms. The molecule has 0 radical (unpaired) electrons. The quantitative estimate of drug-likeness (QED) is 0.536. The maximum absolute atomic E-state index is 11.8. The molecule has 1 heterocycles. The van der Waals surface area contributed by atoms with Crippen molar-refractivity contribution < 1.29 is 23.9 Å². The highest BCUT2D eigenvalue weighted by molar-refractivity contribution is 5.96. The number of ether oxygens (including phenoxy) is 2. The summed E-state index contributed by atoms with van der Waals surface area (Å²) in [7, 11) is 1.47. The molecule has 0 unspecified atom stereocenters. The maximum Gasteiger partial charge on any atom is 0.323 e. The highest BCUT2D eigenvalue weighted by atomic mass is 16.5. The van der Waals surface area contributed by atoms with Crippen LogP contribution in [0.5, 0.6) is 0 Å². The van der Waals surface area contributed by atoms with Gasteiger partial charge in [-0.15, -0.1) is 0 Å². The molecular formula is C20H23NO5. The number of hydrogen-bond acceptors (Lipinski definition) is 6. The van der Waals surface area contributed by atoms with Gasteiger partial charge in [0.05, 0.1) is 0 Å². The predicted octanol–water partition coefficient (Wildman–Crippen LogP) is 1.79. The number of carbonyl (C=O) groups is 3. The molecule has 6 heteroatoms. The summed E-state index contributed by atoms with van der Waals surface area (Å²) in [5, 5.41) is 3.03. The Morgan fingerprint density at radius 3 is 2.12 bits per heavy atom. The molecule has 1 aliphatic heterocycles. The largest absolute Gasteiger partial charge is 0.456 e. The Morgan fingerprint density at radius 1 is 1.04 bits per heavy atom. The van der Waals surface area contributed by atoms with Crippen LogP contribution in [0, 0.1) is 0 Å². The van der Waals surface area contributed by atoms with Crippen molar-refractivity contribution in [1.29, 1.82) is 0 Å². The Kier molecular flexibility index (Phi) is 7.92. The number of benzene rings is 1. The summed E-state index contributed by atoms with van der Waals surface area (Å²) in [5.41, 5.74) is 1.71. The molecule has 1 aromatic rings. The van der Waals surface area contributed by atoms with E-state index in [4.69, 9.17) is 9.47 Å². The van der Waals surface area contributed by atoms with Gasteiger partial charge in [0.15, 0.2) is 18.2 Å². The van der Waals surface area contributed by atoms with Crippen molar-refractivity contribution in [3.63, 3.8) is 0 Å². The fraction of sp³-hybridized carbons (Fsp3) is 0.350. The average molecular weight is 357 g/mol. The van der Waals surface area contributed by atoms with Gasteiger partial charge in [0.25, 0.3) is 0 Å². The van der Waals surface area contributed by atoms with Gasteiger partial charge in [0.2, 0.25) is 0 Å². The Hall–Kier alpha value is -2.57. The zero-order chi connectivity index (χ0) is 18.8. The van der Waals surface area contributed by atoms with E-state index in [0.717, 1.165) is 30.5 Å². The van der Waals surface area contributed by atoms with E-state index in [2.05, 4.69) is 5.32 Å². The van der Waals surface area contributed by atoms with Crippen LogP contribution in [0.4, 0.5) is 0 Å². The van der Waals surface area contributed by atoms with Gasteiger partial charge in [0, 0.05) is 7.11 Å². The molecule has 1 aliphatic rings. The minimum absolute atomic E-state index is 0.0564. The van der Waals surface area contributed by atoms with Gasteiger partial charge in [-0.05, 0) is 42.7 Å². The van der Waals surface area contributed by atoms with Gasteiger partial charge < -0.3 is 14.8 Å². The molecule has 0 aromatic heterocycles. The number of hydrogen-bond donors (Lipinski definition) is 1. The van der Waals surface area contributed by atoms with Crippen LogP contribution in [0.15, 0.2) is 36.4 Å². The molecule has 0 spiro atoms. The van der Waals surface area contributed by atoms with Crippen molar-refractivity contribution >= 4 is 29.7 Å². The molecular weight excluding hydrogens is 334 g/mol. The van der Waals surface area contributed by atoms with Gasteiger partial charge in [-0.1, -0.05) is 36.4 Å². The Morgan fingerprint density at radius 2 is 1.62 bits per heavy atom. The lowest BCUT2D eigenvalue weighted by atomic mass is 10.1. The Balaban J connectivity index is 1.79. The average Bonchev–Trinajstić information content (AvgIpc) is 3.18. The summed E-state index contributed by atoms with van der Waals surface area (Å²) in [6.45, 7) is 0.607. The molecule has 0 saturated carbocycles. The summed E-state index contributed by atoms with van der Waals surface area (Å²) in [5.74, 6) is -0.752. The van der Waals surface area contributed by atoms with Gasteiger partial charge in [0.1, 0.15) is 12.6 Å². The number of carbonyl (C=O) groups excluding carboxylic acids is 3. The first kappa shape index (κ1) is 19.8. The normalized spacial score (nSPS) is 17.0. The molecule has 6 nitrogen and oxygen atoms in total. The number of methoxy groups -OCH3 is 1. The van der Waals surface area contributed by atoms with Crippen molar-refractivity contribution in [2.45, 2.75) is 18.9 Å². The molecule has 1 fully saturated rings. The molecule has 1 saturated heterocycles. The summed E-state index contributed by atoms with van der Waals surface area (Å²) in [6.07, 6.45) is 7.91. The summed E-state index contributed by atoms with van der Waals surface area (Å²) < 4.78 is 9.77. The van der Waals surface area contributed by atoms with Gasteiger partial charge in [-0.3, -0.25) is 14.4 Å². The lowest BCUT2D eigenvalue weighted by Crippen LogP contribution is -2.33. The Bertz CT molecular complexity index is 685. The van der Waals surface area contributed by atoms with E-state index < -0.39 is 0 Å². The minimum Gasteiger partial charge on any atom is -0.456 e. The van der Waals surface area contributed by atoms with Crippen LogP contribution >= 0.6 is 0 Å². The van der Waals surface area contributed by atoms with Gasteiger partial charge in [-0.25, -0.2) is 0 Å². The molecule has 0 bridgehead atoms. The van der Waals surface area contributed by atoms with Crippen molar-refractivity contribution in [2.75, 3.05) is 26.9 Å². The van der Waals surface area contributed by atoms with Crippen LogP contribution in [0.2, 0.25) is 0 Å². The van der Waals surface area contributed by atoms with Crippen LogP contribution in [-0.4, -0.2) is 50.4 Å².